The summed E-state index contributed by atoms with van der Waals surface area (Å²) in [7, 11) is -3.80. The van der Waals surface area contributed by atoms with Crippen molar-refractivity contribution in [2.75, 3.05) is 4.72 Å². The number of halogens is 1. The number of carboxylic acids is 1. The van der Waals surface area contributed by atoms with Crippen LogP contribution >= 0.6 is 34.3 Å². The van der Waals surface area contributed by atoms with Gasteiger partial charge in [-0.2, -0.15) is 0 Å². The van der Waals surface area contributed by atoms with Gasteiger partial charge < -0.3 is 5.11 Å². The van der Waals surface area contributed by atoms with Gasteiger partial charge in [0, 0.05) is 4.88 Å². The Morgan fingerprint density at radius 3 is 2.67 bits per heavy atom. The van der Waals surface area contributed by atoms with Gasteiger partial charge in [0.2, 0.25) is 0 Å². The standard InChI is InChI=1S/C12H10ClNO4S3/c13-8-4-5-9(20-8)21(17,18)14-11-10(12(15)16)6-2-1-3-7(6)19-11/h4-5,14H,1-3H2,(H,15,16). The molecule has 112 valence electrons. The quantitative estimate of drug-likeness (QED) is 0.871. The Morgan fingerprint density at radius 1 is 1.29 bits per heavy atom. The summed E-state index contributed by atoms with van der Waals surface area (Å²) in [5.74, 6) is -1.10. The van der Waals surface area contributed by atoms with Crippen LogP contribution in [0, 0.1) is 0 Å². The zero-order chi connectivity index (χ0) is 15.2. The molecule has 0 aromatic carbocycles. The molecule has 0 bridgehead atoms. The van der Waals surface area contributed by atoms with E-state index < -0.39 is 16.0 Å². The van der Waals surface area contributed by atoms with Crippen LogP contribution in [0.1, 0.15) is 27.2 Å². The Balaban J connectivity index is 2.01. The topological polar surface area (TPSA) is 83.5 Å². The molecule has 2 N–H and O–H groups in total. The Labute approximate surface area is 134 Å². The fourth-order valence-corrected chi connectivity index (χ4v) is 6.39. The lowest BCUT2D eigenvalue weighted by Crippen LogP contribution is -2.13. The number of fused-ring (bicyclic) bond motifs is 1. The lowest BCUT2D eigenvalue weighted by Gasteiger charge is -2.06. The number of rotatable bonds is 4. The Bertz CT molecular complexity index is 822. The molecular formula is C12H10ClNO4S3. The Morgan fingerprint density at radius 2 is 2.05 bits per heavy atom. The number of sulfonamides is 1. The average molecular weight is 364 g/mol. The molecule has 1 aliphatic rings. The van der Waals surface area contributed by atoms with Gasteiger partial charge in [0.1, 0.15) is 9.21 Å². The first kappa shape index (κ1) is 14.8. The van der Waals surface area contributed by atoms with Crippen molar-refractivity contribution in [3.8, 4) is 0 Å². The number of anilines is 1. The number of carbonyl (C=O) groups is 1. The third kappa shape index (κ3) is 2.68. The van der Waals surface area contributed by atoms with Gasteiger partial charge >= 0.3 is 5.97 Å². The zero-order valence-electron chi connectivity index (χ0n) is 10.6. The SMILES string of the molecule is O=C(O)c1c(NS(=O)(=O)c2ccc(Cl)s2)sc2c1CCC2. The van der Waals surface area contributed by atoms with Gasteiger partial charge in [-0.15, -0.1) is 22.7 Å². The number of hydrogen-bond donors (Lipinski definition) is 2. The van der Waals surface area contributed by atoms with Crippen molar-refractivity contribution in [2.24, 2.45) is 0 Å². The number of nitrogens with one attached hydrogen (secondary N) is 1. The van der Waals surface area contributed by atoms with Gasteiger partial charge in [-0.05, 0) is 37.0 Å². The highest BCUT2D eigenvalue weighted by Crippen LogP contribution is 2.40. The molecule has 21 heavy (non-hydrogen) atoms. The minimum Gasteiger partial charge on any atom is -0.478 e. The summed E-state index contributed by atoms with van der Waals surface area (Å²) in [5, 5.41) is 9.52. The summed E-state index contributed by atoms with van der Waals surface area (Å²) in [4.78, 5) is 12.4. The number of carboxylic acid groups (broad SMARTS) is 1. The van der Waals surface area contributed by atoms with E-state index in [-0.39, 0.29) is 14.8 Å². The summed E-state index contributed by atoms with van der Waals surface area (Å²) in [6.45, 7) is 0. The van der Waals surface area contributed by atoms with Gasteiger partial charge in [0.05, 0.1) is 9.90 Å². The summed E-state index contributed by atoms with van der Waals surface area (Å²) in [5.41, 5.74) is 0.841. The van der Waals surface area contributed by atoms with E-state index in [1.807, 2.05) is 0 Å². The molecule has 5 nitrogen and oxygen atoms in total. The van der Waals surface area contributed by atoms with E-state index in [4.69, 9.17) is 11.6 Å². The molecule has 0 saturated carbocycles. The first-order chi connectivity index (χ1) is 9.88. The molecule has 0 aliphatic heterocycles. The lowest BCUT2D eigenvalue weighted by atomic mass is 10.1. The van der Waals surface area contributed by atoms with Crippen molar-refractivity contribution in [1.29, 1.82) is 0 Å². The number of hydrogen-bond acceptors (Lipinski definition) is 5. The fraction of sp³-hybridized carbons (Fsp3) is 0.250. The minimum absolute atomic E-state index is 0.0670. The molecule has 9 heteroatoms. The van der Waals surface area contributed by atoms with E-state index in [1.165, 1.54) is 23.5 Å². The van der Waals surface area contributed by atoms with Crippen LogP contribution in [0.2, 0.25) is 4.34 Å². The van der Waals surface area contributed by atoms with Crippen LogP contribution in [0.4, 0.5) is 5.00 Å². The second-order valence-corrected chi connectivity index (χ2v) is 9.26. The van der Waals surface area contributed by atoms with Crippen molar-refractivity contribution in [1.82, 2.24) is 0 Å². The predicted octanol–water partition coefficient (Wildman–Crippen LogP) is 3.45. The summed E-state index contributed by atoms with van der Waals surface area (Å²) in [6.07, 6.45) is 2.39. The summed E-state index contributed by atoms with van der Waals surface area (Å²) < 4.78 is 27.4. The van der Waals surface area contributed by atoms with Crippen LogP contribution in [0.25, 0.3) is 0 Å². The Hall–Kier alpha value is -1.09. The third-order valence-corrected chi connectivity index (χ3v) is 7.58. The molecule has 0 radical (unpaired) electrons. The molecule has 0 amide bonds. The van der Waals surface area contributed by atoms with E-state index in [0.29, 0.717) is 10.8 Å². The molecular weight excluding hydrogens is 354 g/mol. The number of thiophene rings is 2. The van der Waals surface area contributed by atoms with Crippen LogP contribution < -0.4 is 4.72 Å². The molecule has 3 rings (SSSR count). The molecule has 0 saturated heterocycles. The van der Waals surface area contributed by atoms with Crippen molar-refractivity contribution < 1.29 is 18.3 Å². The van der Waals surface area contributed by atoms with Gasteiger partial charge in [0.15, 0.2) is 0 Å². The monoisotopic (exact) mass is 363 g/mol. The highest BCUT2D eigenvalue weighted by atomic mass is 35.5. The van der Waals surface area contributed by atoms with Gasteiger partial charge in [-0.25, -0.2) is 13.2 Å². The maximum absolute atomic E-state index is 12.3. The predicted molar refractivity (Wildman–Crippen MR) is 83.4 cm³/mol. The van der Waals surface area contributed by atoms with E-state index in [1.54, 1.807) is 0 Å². The van der Waals surface area contributed by atoms with Gasteiger partial charge in [-0.3, -0.25) is 4.72 Å². The maximum Gasteiger partial charge on any atom is 0.339 e. The smallest absolute Gasteiger partial charge is 0.339 e. The molecule has 2 heterocycles. The van der Waals surface area contributed by atoms with Crippen LogP contribution in [-0.4, -0.2) is 19.5 Å². The van der Waals surface area contributed by atoms with Gasteiger partial charge in [-0.1, -0.05) is 11.6 Å². The molecule has 0 fully saturated rings. The van der Waals surface area contributed by atoms with E-state index in [2.05, 4.69) is 4.72 Å². The normalized spacial score (nSPS) is 14.1. The second-order valence-electron chi connectivity index (χ2n) is 4.53. The first-order valence-corrected chi connectivity index (χ1v) is 9.54. The van der Waals surface area contributed by atoms with Crippen molar-refractivity contribution in [2.45, 2.75) is 23.5 Å². The first-order valence-electron chi connectivity index (χ1n) is 6.04. The maximum atomic E-state index is 12.3. The summed E-state index contributed by atoms with van der Waals surface area (Å²) in [6, 6.07) is 2.89. The average Bonchev–Trinajstić information content (AvgIpc) is 3.03. The van der Waals surface area contributed by atoms with E-state index in [9.17, 15) is 18.3 Å². The fourth-order valence-electron chi connectivity index (χ4n) is 2.32. The molecule has 2 aromatic heterocycles. The van der Waals surface area contributed by atoms with Crippen molar-refractivity contribution >= 4 is 55.3 Å². The van der Waals surface area contributed by atoms with Crippen LogP contribution in [0.3, 0.4) is 0 Å². The third-order valence-electron chi connectivity index (χ3n) is 3.18. The molecule has 0 unspecified atom stereocenters. The van der Waals surface area contributed by atoms with Gasteiger partial charge in [0.25, 0.3) is 10.0 Å². The van der Waals surface area contributed by atoms with Crippen molar-refractivity contribution in [3.05, 3.63) is 32.5 Å². The lowest BCUT2D eigenvalue weighted by molar-refractivity contribution is 0.0697. The summed E-state index contributed by atoms with van der Waals surface area (Å²) >= 11 is 7.88. The zero-order valence-corrected chi connectivity index (χ0v) is 13.8. The van der Waals surface area contributed by atoms with Crippen LogP contribution in [0.15, 0.2) is 16.3 Å². The Kier molecular flexibility index (Phi) is 3.73. The highest BCUT2D eigenvalue weighted by Gasteiger charge is 2.29. The van der Waals surface area contributed by atoms with E-state index in [0.717, 1.165) is 34.6 Å². The van der Waals surface area contributed by atoms with Crippen LogP contribution in [-0.2, 0) is 22.9 Å². The minimum atomic E-state index is -3.80. The molecule has 2 aromatic rings. The van der Waals surface area contributed by atoms with Crippen molar-refractivity contribution in [3.63, 3.8) is 0 Å². The van der Waals surface area contributed by atoms with Crippen LogP contribution in [0.5, 0.6) is 0 Å². The highest BCUT2D eigenvalue weighted by molar-refractivity contribution is 7.95. The molecule has 0 atom stereocenters. The molecule has 1 aliphatic carbocycles. The largest absolute Gasteiger partial charge is 0.478 e. The molecule has 0 spiro atoms. The number of aryl methyl sites for hydroxylation is 1. The number of aromatic carboxylic acids is 1. The second kappa shape index (κ2) is 5.28. The van der Waals surface area contributed by atoms with E-state index >= 15 is 0 Å².